The van der Waals surface area contributed by atoms with E-state index >= 15 is 0 Å². The number of methoxy groups -OCH3 is 1. The van der Waals surface area contributed by atoms with Gasteiger partial charge in [0.2, 0.25) is 10.0 Å². The number of nitro benzene ring substituents is 1. The lowest BCUT2D eigenvalue weighted by atomic mass is 10.1. The van der Waals surface area contributed by atoms with E-state index in [0.29, 0.717) is 11.1 Å². The molecule has 0 aromatic heterocycles. The molecule has 10 nitrogen and oxygen atoms in total. The van der Waals surface area contributed by atoms with Gasteiger partial charge in [-0.2, -0.15) is 4.31 Å². The van der Waals surface area contributed by atoms with Crippen molar-refractivity contribution in [1.29, 1.82) is 0 Å². The highest BCUT2D eigenvalue weighted by Gasteiger charge is 2.29. The van der Waals surface area contributed by atoms with Gasteiger partial charge in [0.1, 0.15) is 5.75 Å². The van der Waals surface area contributed by atoms with Gasteiger partial charge in [-0.3, -0.25) is 14.8 Å². The number of anilines is 1. The zero-order chi connectivity index (χ0) is 23.6. The molecule has 2 rings (SSSR count). The summed E-state index contributed by atoms with van der Waals surface area (Å²) in [6, 6.07) is 6.06. The standard InChI is InChI=1S/C19H25N3O7S2/c1-6-21(7-2)31(27,28)16-10-13(3)14(4)17(12-16)20-30(25,26)19-9-8-15(29-5)11-18(19)22(23)24/h8-12,20H,6-7H2,1-5H3. The molecule has 0 fully saturated rings. The summed E-state index contributed by atoms with van der Waals surface area (Å²) in [6.45, 7) is 7.20. The average molecular weight is 472 g/mol. The van der Waals surface area contributed by atoms with Gasteiger partial charge in [-0.1, -0.05) is 13.8 Å². The van der Waals surface area contributed by atoms with Crippen LogP contribution in [0.1, 0.15) is 25.0 Å². The summed E-state index contributed by atoms with van der Waals surface area (Å²) in [5, 5.41) is 11.4. The second kappa shape index (κ2) is 9.20. The maximum Gasteiger partial charge on any atom is 0.293 e. The highest BCUT2D eigenvalue weighted by Crippen LogP contribution is 2.32. The lowest BCUT2D eigenvalue weighted by Gasteiger charge is -2.20. The molecule has 0 spiro atoms. The minimum atomic E-state index is -4.40. The number of rotatable bonds is 9. The summed E-state index contributed by atoms with van der Waals surface area (Å²) in [4.78, 5) is 9.96. The number of aryl methyl sites for hydroxylation is 1. The highest BCUT2D eigenvalue weighted by molar-refractivity contribution is 7.93. The lowest BCUT2D eigenvalue weighted by molar-refractivity contribution is -0.387. The molecule has 0 amide bonds. The van der Waals surface area contributed by atoms with Crippen LogP contribution in [0.3, 0.4) is 0 Å². The summed E-state index contributed by atoms with van der Waals surface area (Å²) in [5.41, 5.74) is 0.414. The maximum absolute atomic E-state index is 13.0. The number of nitrogens with zero attached hydrogens (tertiary/aromatic N) is 2. The summed E-state index contributed by atoms with van der Waals surface area (Å²) >= 11 is 0. The first-order chi connectivity index (χ1) is 14.4. The Bertz CT molecular complexity index is 1210. The molecule has 0 heterocycles. The monoisotopic (exact) mass is 471 g/mol. The molecule has 31 heavy (non-hydrogen) atoms. The number of nitro groups is 1. The van der Waals surface area contributed by atoms with Crippen LogP contribution in [0.2, 0.25) is 0 Å². The maximum atomic E-state index is 13.0. The first-order valence-electron chi connectivity index (χ1n) is 9.35. The van der Waals surface area contributed by atoms with Crippen LogP contribution in [-0.4, -0.2) is 46.3 Å². The third-order valence-corrected chi connectivity index (χ3v) is 8.32. The van der Waals surface area contributed by atoms with Gasteiger partial charge in [0.15, 0.2) is 4.90 Å². The van der Waals surface area contributed by atoms with Crippen LogP contribution < -0.4 is 9.46 Å². The van der Waals surface area contributed by atoms with Crippen LogP contribution in [0.15, 0.2) is 40.1 Å². The van der Waals surface area contributed by atoms with E-state index in [-0.39, 0.29) is 29.4 Å². The topological polar surface area (TPSA) is 136 Å². The summed E-state index contributed by atoms with van der Waals surface area (Å²) in [7, 11) is -6.94. The fraction of sp³-hybridized carbons (Fsp3) is 0.368. The van der Waals surface area contributed by atoms with Crippen molar-refractivity contribution in [2.45, 2.75) is 37.5 Å². The van der Waals surface area contributed by atoms with Gasteiger partial charge < -0.3 is 4.74 Å². The SMILES string of the molecule is CCN(CC)S(=O)(=O)c1cc(C)c(C)c(NS(=O)(=O)c2ccc(OC)cc2[N+](=O)[O-])c1. The minimum absolute atomic E-state index is 0.0239. The number of nitrogens with one attached hydrogen (secondary N) is 1. The molecule has 2 aromatic carbocycles. The van der Waals surface area contributed by atoms with Crippen LogP contribution >= 0.6 is 0 Å². The Labute approximate surface area is 182 Å². The van der Waals surface area contributed by atoms with E-state index in [9.17, 15) is 26.9 Å². The number of hydrogen-bond donors (Lipinski definition) is 1. The van der Waals surface area contributed by atoms with Gasteiger partial charge in [-0.05, 0) is 49.2 Å². The van der Waals surface area contributed by atoms with Gasteiger partial charge in [0.05, 0.1) is 28.7 Å². The van der Waals surface area contributed by atoms with Crippen LogP contribution in [0.4, 0.5) is 11.4 Å². The largest absolute Gasteiger partial charge is 0.497 e. The van der Waals surface area contributed by atoms with E-state index < -0.39 is 35.6 Å². The number of benzene rings is 2. The van der Waals surface area contributed by atoms with Crippen molar-refractivity contribution >= 4 is 31.4 Å². The molecule has 0 saturated heterocycles. The minimum Gasteiger partial charge on any atom is -0.497 e. The Morgan fingerprint density at radius 2 is 1.68 bits per heavy atom. The predicted octanol–water partition coefficient (Wildman–Crippen LogP) is 3.05. The van der Waals surface area contributed by atoms with Crippen molar-refractivity contribution in [3.8, 4) is 5.75 Å². The zero-order valence-electron chi connectivity index (χ0n) is 17.9. The normalized spacial score (nSPS) is 12.1. The van der Waals surface area contributed by atoms with Gasteiger partial charge in [-0.25, -0.2) is 16.8 Å². The third-order valence-electron chi connectivity index (χ3n) is 4.88. The fourth-order valence-corrected chi connectivity index (χ4v) is 5.83. The van der Waals surface area contributed by atoms with Crippen LogP contribution in [0, 0.1) is 24.0 Å². The Kier molecular flexibility index (Phi) is 7.29. The summed E-state index contributed by atoms with van der Waals surface area (Å²) in [6.07, 6.45) is 0. The van der Waals surface area contributed by atoms with E-state index in [0.717, 1.165) is 12.1 Å². The van der Waals surface area contributed by atoms with Crippen molar-refractivity contribution in [3.05, 3.63) is 51.6 Å². The third kappa shape index (κ3) is 4.97. The van der Waals surface area contributed by atoms with Crippen molar-refractivity contribution in [2.75, 3.05) is 24.9 Å². The van der Waals surface area contributed by atoms with Gasteiger partial charge in [0.25, 0.3) is 15.7 Å². The van der Waals surface area contributed by atoms with Gasteiger partial charge in [0, 0.05) is 13.1 Å². The fourth-order valence-electron chi connectivity index (χ4n) is 2.99. The number of ether oxygens (including phenoxy) is 1. The number of sulfonamides is 2. The first-order valence-corrected chi connectivity index (χ1v) is 12.3. The summed E-state index contributed by atoms with van der Waals surface area (Å²) in [5.74, 6) is 0.130. The zero-order valence-corrected chi connectivity index (χ0v) is 19.5. The molecule has 0 aliphatic rings. The summed E-state index contributed by atoms with van der Waals surface area (Å²) < 4.78 is 60.3. The molecule has 0 aliphatic heterocycles. The van der Waals surface area contributed by atoms with Crippen molar-refractivity contribution in [3.63, 3.8) is 0 Å². The van der Waals surface area contributed by atoms with Crippen LogP contribution in [0.5, 0.6) is 5.75 Å². The van der Waals surface area contributed by atoms with E-state index in [1.165, 1.54) is 29.6 Å². The van der Waals surface area contributed by atoms with Crippen LogP contribution in [0.25, 0.3) is 0 Å². The van der Waals surface area contributed by atoms with E-state index in [1.54, 1.807) is 27.7 Å². The molecule has 0 aliphatic carbocycles. The molecular formula is C19H25N3O7S2. The first kappa shape index (κ1) is 24.6. The molecule has 0 atom stereocenters. The second-order valence-electron chi connectivity index (χ2n) is 6.70. The number of hydrogen-bond acceptors (Lipinski definition) is 7. The van der Waals surface area contributed by atoms with E-state index in [1.807, 2.05) is 0 Å². The lowest BCUT2D eigenvalue weighted by Crippen LogP contribution is -2.30. The Morgan fingerprint density at radius 3 is 2.19 bits per heavy atom. The molecule has 12 heteroatoms. The molecule has 0 bridgehead atoms. The van der Waals surface area contributed by atoms with Crippen molar-refractivity contribution in [1.82, 2.24) is 4.31 Å². The Hall–Kier alpha value is -2.70. The van der Waals surface area contributed by atoms with Crippen molar-refractivity contribution in [2.24, 2.45) is 0 Å². The van der Waals surface area contributed by atoms with E-state index in [2.05, 4.69) is 4.72 Å². The second-order valence-corrected chi connectivity index (χ2v) is 10.3. The Balaban J connectivity index is 2.61. The van der Waals surface area contributed by atoms with Gasteiger partial charge >= 0.3 is 0 Å². The van der Waals surface area contributed by atoms with Crippen molar-refractivity contribution < 1.29 is 26.5 Å². The molecular weight excluding hydrogens is 446 g/mol. The molecule has 0 unspecified atom stereocenters. The Morgan fingerprint density at radius 1 is 1.06 bits per heavy atom. The molecule has 0 saturated carbocycles. The average Bonchev–Trinajstić information content (AvgIpc) is 2.71. The molecule has 2 aromatic rings. The highest BCUT2D eigenvalue weighted by atomic mass is 32.2. The van der Waals surface area contributed by atoms with Crippen LogP contribution in [-0.2, 0) is 20.0 Å². The van der Waals surface area contributed by atoms with E-state index in [4.69, 9.17) is 4.74 Å². The quantitative estimate of drug-likeness (QED) is 0.438. The molecule has 1 N–H and O–H groups in total. The predicted molar refractivity (Wildman–Crippen MR) is 116 cm³/mol. The molecule has 170 valence electrons. The molecule has 0 radical (unpaired) electrons. The smallest absolute Gasteiger partial charge is 0.293 e. The van der Waals surface area contributed by atoms with Gasteiger partial charge in [-0.15, -0.1) is 0 Å².